The fourth-order valence-corrected chi connectivity index (χ4v) is 0.403. The number of hydrogen-bond donors (Lipinski definition) is 2. The first-order valence-corrected chi connectivity index (χ1v) is 2.14. The third-order valence-electron chi connectivity index (χ3n) is 0.698. The van der Waals surface area contributed by atoms with Crippen LogP contribution >= 0.6 is 0 Å². The van der Waals surface area contributed by atoms with Crippen LogP contribution in [0.15, 0.2) is 12.5 Å². The Morgan fingerprint density at radius 2 is 2.62 bits per heavy atom. The van der Waals surface area contributed by atoms with Crippen molar-refractivity contribution in [3.05, 3.63) is 18.2 Å². The van der Waals surface area contributed by atoms with Gasteiger partial charge in [-0.05, 0) is 5.92 Å². The molecule has 0 fully saturated rings. The minimum absolute atomic E-state index is 0.674. The van der Waals surface area contributed by atoms with E-state index < -0.39 is 0 Å². The number of hydrogen-bond acceptors (Lipinski definition) is 2. The van der Waals surface area contributed by atoms with E-state index in [4.69, 9.17) is 5.73 Å². The Labute approximate surface area is 46.9 Å². The first-order valence-electron chi connectivity index (χ1n) is 2.14. The lowest BCUT2D eigenvalue weighted by Gasteiger charge is -1.68. The molecule has 0 atom stereocenters. The maximum atomic E-state index is 4.90. The van der Waals surface area contributed by atoms with E-state index in [1.54, 1.807) is 12.5 Å². The molecule has 1 aromatic heterocycles. The summed E-state index contributed by atoms with van der Waals surface area (Å²) in [5.74, 6) is 2.57. The molecule has 0 saturated carbocycles. The van der Waals surface area contributed by atoms with E-state index in [1.165, 1.54) is 0 Å². The Hall–Kier alpha value is -1.43. The molecule has 40 valence electrons. The molecule has 3 N–H and O–H groups in total. The van der Waals surface area contributed by atoms with Crippen LogP contribution in [-0.2, 0) is 0 Å². The number of aromatic nitrogens is 2. The minimum atomic E-state index is 0.674. The molecule has 0 radical (unpaired) electrons. The van der Waals surface area contributed by atoms with Crippen LogP contribution in [0.2, 0.25) is 0 Å². The van der Waals surface area contributed by atoms with Gasteiger partial charge in [0.05, 0.1) is 6.33 Å². The van der Waals surface area contributed by atoms with Gasteiger partial charge in [-0.2, -0.15) is 0 Å². The fraction of sp³-hybridized carbons (Fsp3) is 0. The number of H-pyrrole nitrogens is 1. The summed E-state index contributed by atoms with van der Waals surface area (Å²) in [7, 11) is 0. The summed E-state index contributed by atoms with van der Waals surface area (Å²) < 4.78 is 0. The van der Waals surface area contributed by atoms with Crippen molar-refractivity contribution >= 4 is 0 Å². The topological polar surface area (TPSA) is 54.7 Å². The Morgan fingerprint density at radius 1 is 1.75 bits per heavy atom. The predicted octanol–water partition coefficient (Wildman–Crippen LogP) is -0.323. The zero-order valence-electron chi connectivity index (χ0n) is 4.18. The summed E-state index contributed by atoms with van der Waals surface area (Å²) in [4.78, 5) is 6.54. The summed E-state index contributed by atoms with van der Waals surface area (Å²) in [6.45, 7) is 0. The van der Waals surface area contributed by atoms with Gasteiger partial charge in [0.25, 0.3) is 0 Å². The van der Waals surface area contributed by atoms with Crippen molar-refractivity contribution in [3.63, 3.8) is 0 Å². The van der Waals surface area contributed by atoms with Gasteiger partial charge < -0.3 is 10.7 Å². The van der Waals surface area contributed by atoms with Crippen molar-refractivity contribution in [2.45, 2.75) is 0 Å². The first kappa shape index (κ1) is 4.72. The molecule has 0 amide bonds. The average Bonchev–Trinajstić information content (AvgIpc) is 2.19. The van der Waals surface area contributed by atoms with Crippen LogP contribution in [0.5, 0.6) is 0 Å². The van der Waals surface area contributed by atoms with Crippen LogP contribution in [0, 0.1) is 12.0 Å². The molecule has 1 rings (SSSR count). The third kappa shape index (κ3) is 0.793. The molecule has 1 heterocycles. The van der Waals surface area contributed by atoms with Crippen molar-refractivity contribution < 1.29 is 0 Å². The SMILES string of the molecule is NC#Cc1c[nH]cn1. The quantitative estimate of drug-likeness (QED) is 0.352. The zero-order chi connectivity index (χ0) is 5.82. The van der Waals surface area contributed by atoms with Crippen molar-refractivity contribution in [2.75, 3.05) is 0 Å². The number of rotatable bonds is 0. The molecule has 3 nitrogen and oxygen atoms in total. The lowest BCUT2D eigenvalue weighted by Crippen LogP contribution is -1.78. The molecular formula is C5H5N3. The number of nitrogens with two attached hydrogens (primary N) is 1. The number of nitrogens with one attached hydrogen (secondary N) is 1. The van der Waals surface area contributed by atoms with Crippen molar-refractivity contribution in [2.24, 2.45) is 5.73 Å². The van der Waals surface area contributed by atoms with E-state index in [9.17, 15) is 0 Å². The van der Waals surface area contributed by atoms with E-state index in [-0.39, 0.29) is 0 Å². The summed E-state index contributed by atoms with van der Waals surface area (Å²) in [6, 6.07) is 2.24. The number of nitrogens with zero attached hydrogens (tertiary/aromatic N) is 1. The first-order chi connectivity index (χ1) is 3.93. The van der Waals surface area contributed by atoms with Crippen molar-refractivity contribution in [3.8, 4) is 12.0 Å². The Kier molecular flexibility index (Phi) is 1.20. The van der Waals surface area contributed by atoms with Gasteiger partial charge in [0, 0.05) is 12.2 Å². The third-order valence-corrected chi connectivity index (χ3v) is 0.698. The Morgan fingerprint density at radius 3 is 3.12 bits per heavy atom. The Bertz CT molecular complexity index is 201. The molecule has 0 aliphatic carbocycles. The van der Waals surface area contributed by atoms with Crippen LogP contribution in [0.25, 0.3) is 0 Å². The fourth-order valence-electron chi connectivity index (χ4n) is 0.403. The molecule has 3 heteroatoms. The highest BCUT2D eigenvalue weighted by atomic mass is 14.8. The van der Waals surface area contributed by atoms with Gasteiger partial charge in [0.15, 0.2) is 0 Å². The molecule has 0 saturated heterocycles. The van der Waals surface area contributed by atoms with Gasteiger partial charge in [-0.3, -0.25) is 0 Å². The lowest BCUT2D eigenvalue weighted by molar-refractivity contribution is 1.30. The zero-order valence-corrected chi connectivity index (χ0v) is 4.18. The molecule has 1 aromatic rings. The van der Waals surface area contributed by atoms with Crippen LogP contribution in [0.3, 0.4) is 0 Å². The average molecular weight is 107 g/mol. The van der Waals surface area contributed by atoms with E-state index >= 15 is 0 Å². The molecule has 8 heavy (non-hydrogen) atoms. The number of imidazole rings is 1. The minimum Gasteiger partial charge on any atom is -0.359 e. The van der Waals surface area contributed by atoms with Crippen LogP contribution in [0.4, 0.5) is 0 Å². The highest BCUT2D eigenvalue weighted by Gasteiger charge is 1.81. The molecule has 0 spiro atoms. The highest BCUT2D eigenvalue weighted by Crippen LogP contribution is 1.83. The van der Waals surface area contributed by atoms with Crippen molar-refractivity contribution in [1.29, 1.82) is 0 Å². The van der Waals surface area contributed by atoms with Crippen molar-refractivity contribution in [1.82, 2.24) is 9.97 Å². The second kappa shape index (κ2) is 2.03. The van der Waals surface area contributed by atoms with Crippen LogP contribution in [0.1, 0.15) is 5.69 Å². The van der Waals surface area contributed by atoms with Gasteiger partial charge in [-0.15, -0.1) is 0 Å². The van der Waals surface area contributed by atoms with Gasteiger partial charge in [-0.25, -0.2) is 4.98 Å². The smallest absolute Gasteiger partial charge is 0.132 e. The summed E-state index contributed by atoms with van der Waals surface area (Å²) in [5.41, 5.74) is 5.58. The molecule has 0 aromatic carbocycles. The van der Waals surface area contributed by atoms with Gasteiger partial charge in [0.2, 0.25) is 0 Å². The largest absolute Gasteiger partial charge is 0.359 e. The standard InChI is InChI=1S/C5H5N3/c6-2-1-5-3-7-4-8-5/h3-4H,6H2,(H,7,8). The van der Waals surface area contributed by atoms with Crippen LogP contribution < -0.4 is 5.73 Å². The lowest BCUT2D eigenvalue weighted by atomic mass is 10.5. The maximum Gasteiger partial charge on any atom is 0.132 e. The van der Waals surface area contributed by atoms with Gasteiger partial charge in [0.1, 0.15) is 5.69 Å². The summed E-state index contributed by atoms with van der Waals surface area (Å²) >= 11 is 0. The molecular weight excluding hydrogens is 102 g/mol. The maximum absolute atomic E-state index is 4.90. The van der Waals surface area contributed by atoms with E-state index in [0.29, 0.717) is 5.69 Å². The van der Waals surface area contributed by atoms with Crippen LogP contribution in [-0.4, -0.2) is 9.97 Å². The summed E-state index contributed by atoms with van der Waals surface area (Å²) in [6.07, 6.45) is 3.24. The van der Waals surface area contributed by atoms with E-state index in [1.807, 2.05) is 0 Å². The monoisotopic (exact) mass is 107 g/mol. The second-order valence-corrected chi connectivity index (χ2v) is 1.22. The predicted molar refractivity (Wildman–Crippen MR) is 29.7 cm³/mol. The molecule has 0 aliphatic heterocycles. The van der Waals surface area contributed by atoms with Gasteiger partial charge in [-0.1, -0.05) is 0 Å². The van der Waals surface area contributed by atoms with E-state index in [0.717, 1.165) is 0 Å². The highest BCUT2D eigenvalue weighted by molar-refractivity contribution is 5.22. The second-order valence-electron chi connectivity index (χ2n) is 1.22. The number of aromatic amines is 1. The van der Waals surface area contributed by atoms with Gasteiger partial charge >= 0.3 is 0 Å². The molecule has 0 unspecified atom stereocenters. The Balaban J connectivity index is 2.88. The normalized spacial score (nSPS) is 7.50. The summed E-state index contributed by atoms with van der Waals surface area (Å²) in [5, 5.41) is 0. The molecule has 0 bridgehead atoms. The molecule has 0 aliphatic rings. The van der Waals surface area contributed by atoms with E-state index in [2.05, 4.69) is 21.9 Å².